The second kappa shape index (κ2) is 10.6. The lowest BCUT2D eigenvalue weighted by molar-refractivity contribution is -0.133. The van der Waals surface area contributed by atoms with Crippen LogP contribution in [-0.4, -0.2) is 72.8 Å². The molecule has 9 heteroatoms. The molecule has 8 nitrogen and oxygen atoms in total. The zero-order valence-electron chi connectivity index (χ0n) is 19.0. The van der Waals surface area contributed by atoms with Crippen molar-refractivity contribution in [1.29, 1.82) is 0 Å². The number of amides is 3. The third kappa shape index (κ3) is 6.29. The Morgan fingerprint density at radius 3 is 2.39 bits per heavy atom. The monoisotopic (exact) mass is 459 g/mol. The Balaban J connectivity index is 1.24. The van der Waals surface area contributed by atoms with E-state index in [0.29, 0.717) is 24.6 Å². The molecule has 3 fully saturated rings. The van der Waals surface area contributed by atoms with Gasteiger partial charge in [-0.1, -0.05) is 6.07 Å². The van der Waals surface area contributed by atoms with Crippen LogP contribution >= 0.6 is 0 Å². The van der Waals surface area contributed by atoms with Gasteiger partial charge in [0.25, 0.3) is 0 Å². The van der Waals surface area contributed by atoms with Crippen LogP contribution in [0.2, 0.25) is 0 Å². The molecule has 1 unspecified atom stereocenters. The number of hydrogen-bond acceptors (Lipinski definition) is 6. The highest BCUT2D eigenvalue weighted by Gasteiger charge is 2.28. The molecule has 0 aliphatic carbocycles. The molecular weight excluding hydrogens is 425 g/mol. The number of halogens is 1. The number of nitrogens with two attached hydrogens (primary N) is 1. The fourth-order valence-corrected chi connectivity index (χ4v) is 5.32. The first-order valence-electron chi connectivity index (χ1n) is 12.0. The third-order valence-corrected chi connectivity index (χ3v) is 7.21. The average molecular weight is 460 g/mol. The number of primary amides is 1. The van der Waals surface area contributed by atoms with E-state index < -0.39 is 6.04 Å². The molecule has 1 atom stereocenters. The maximum Gasteiger partial charge on any atom is 0.249 e. The lowest BCUT2D eigenvalue weighted by Crippen LogP contribution is -2.47. The molecule has 0 spiro atoms. The van der Waals surface area contributed by atoms with E-state index in [2.05, 4.69) is 20.4 Å². The SMILES string of the molecule is NC(=O)CN1CCC(CN2CCC(c3ccc(NC4CCC(=O)NC4=O)cc3F)CC2)CC1. The predicted molar refractivity (Wildman–Crippen MR) is 123 cm³/mol. The van der Waals surface area contributed by atoms with Gasteiger partial charge in [-0.2, -0.15) is 0 Å². The highest BCUT2D eigenvalue weighted by atomic mass is 19.1. The molecule has 33 heavy (non-hydrogen) atoms. The van der Waals surface area contributed by atoms with Crippen molar-refractivity contribution in [3.63, 3.8) is 0 Å². The Bertz CT molecular complexity index is 879. The fraction of sp³-hybridized carbons (Fsp3) is 0.625. The fourth-order valence-electron chi connectivity index (χ4n) is 5.32. The van der Waals surface area contributed by atoms with Crippen LogP contribution in [-0.2, 0) is 14.4 Å². The quantitative estimate of drug-likeness (QED) is 0.533. The molecule has 4 rings (SSSR count). The number of nitrogens with one attached hydrogen (secondary N) is 2. The lowest BCUT2D eigenvalue weighted by Gasteiger charge is -2.37. The molecule has 3 saturated heterocycles. The molecule has 3 aliphatic rings. The van der Waals surface area contributed by atoms with Gasteiger partial charge >= 0.3 is 0 Å². The van der Waals surface area contributed by atoms with Crippen LogP contribution in [0.4, 0.5) is 10.1 Å². The van der Waals surface area contributed by atoms with Crippen molar-refractivity contribution in [1.82, 2.24) is 15.1 Å². The number of carbonyl (C=O) groups is 3. The van der Waals surface area contributed by atoms with Gasteiger partial charge in [-0.25, -0.2) is 4.39 Å². The second-order valence-electron chi connectivity index (χ2n) is 9.65. The maximum atomic E-state index is 14.9. The third-order valence-electron chi connectivity index (χ3n) is 7.21. The number of rotatable bonds is 7. The molecule has 1 aromatic carbocycles. The first kappa shape index (κ1) is 23.6. The van der Waals surface area contributed by atoms with Crippen LogP contribution < -0.4 is 16.4 Å². The van der Waals surface area contributed by atoms with Crippen molar-refractivity contribution >= 4 is 23.4 Å². The van der Waals surface area contributed by atoms with Crippen LogP contribution in [0.3, 0.4) is 0 Å². The predicted octanol–water partition coefficient (Wildman–Crippen LogP) is 1.42. The molecule has 0 bridgehead atoms. The van der Waals surface area contributed by atoms with Gasteiger partial charge < -0.3 is 16.0 Å². The molecule has 180 valence electrons. The summed E-state index contributed by atoms with van der Waals surface area (Å²) in [6.07, 6.45) is 4.73. The zero-order valence-corrected chi connectivity index (χ0v) is 19.0. The number of carbonyl (C=O) groups excluding carboxylic acids is 3. The Kier molecular flexibility index (Phi) is 7.60. The number of nitrogens with zero attached hydrogens (tertiary/aromatic N) is 2. The van der Waals surface area contributed by atoms with Gasteiger partial charge in [0.2, 0.25) is 17.7 Å². The van der Waals surface area contributed by atoms with E-state index >= 15 is 0 Å². The van der Waals surface area contributed by atoms with Crippen LogP contribution in [0.15, 0.2) is 18.2 Å². The van der Waals surface area contributed by atoms with E-state index in [4.69, 9.17) is 5.73 Å². The van der Waals surface area contributed by atoms with Crippen molar-refractivity contribution in [2.45, 2.75) is 50.5 Å². The first-order chi connectivity index (χ1) is 15.9. The molecular formula is C24H34FN5O3. The number of imide groups is 1. The summed E-state index contributed by atoms with van der Waals surface area (Å²) >= 11 is 0. The van der Waals surface area contributed by atoms with Crippen molar-refractivity contribution in [3.8, 4) is 0 Å². The largest absolute Gasteiger partial charge is 0.374 e. The van der Waals surface area contributed by atoms with Gasteiger partial charge in [0.1, 0.15) is 11.9 Å². The van der Waals surface area contributed by atoms with Crippen LogP contribution in [0.25, 0.3) is 0 Å². The van der Waals surface area contributed by atoms with Crippen molar-refractivity contribution in [2.24, 2.45) is 11.7 Å². The van der Waals surface area contributed by atoms with Gasteiger partial charge in [-0.05, 0) is 87.8 Å². The summed E-state index contributed by atoms with van der Waals surface area (Å²) in [6.45, 7) is 5.19. The smallest absolute Gasteiger partial charge is 0.249 e. The number of benzene rings is 1. The summed E-state index contributed by atoms with van der Waals surface area (Å²) in [5.41, 5.74) is 6.59. The van der Waals surface area contributed by atoms with E-state index in [0.717, 1.165) is 64.0 Å². The van der Waals surface area contributed by atoms with E-state index in [1.807, 2.05) is 12.1 Å². The number of anilines is 1. The topological polar surface area (TPSA) is 108 Å². The van der Waals surface area contributed by atoms with Crippen LogP contribution in [0, 0.1) is 11.7 Å². The number of likely N-dealkylation sites (tertiary alicyclic amines) is 2. The highest BCUT2D eigenvalue weighted by Crippen LogP contribution is 2.32. The Hall–Kier alpha value is -2.52. The molecule has 3 amide bonds. The van der Waals surface area contributed by atoms with Crippen molar-refractivity contribution in [3.05, 3.63) is 29.6 Å². The Morgan fingerprint density at radius 2 is 1.76 bits per heavy atom. The molecule has 0 aromatic heterocycles. The minimum Gasteiger partial charge on any atom is -0.374 e. The highest BCUT2D eigenvalue weighted by molar-refractivity contribution is 6.01. The molecule has 4 N–H and O–H groups in total. The van der Waals surface area contributed by atoms with Crippen LogP contribution in [0.5, 0.6) is 0 Å². The summed E-state index contributed by atoms with van der Waals surface area (Å²) < 4.78 is 14.9. The van der Waals surface area contributed by atoms with E-state index in [9.17, 15) is 18.8 Å². The van der Waals surface area contributed by atoms with E-state index in [1.54, 1.807) is 0 Å². The summed E-state index contributed by atoms with van der Waals surface area (Å²) in [6, 6.07) is 4.61. The van der Waals surface area contributed by atoms with Crippen LogP contribution in [0.1, 0.15) is 50.0 Å². The van der Waals surface area contributed by atoms with Gasteiger partial charge in [-0.15, -0.1) is 0 Å². The van der Waals surface area contributed by atoms with Gasteiger partial charge in [-0.3, -0.25) is 24.6 Å². The average Bonchev–Trinajstić information content (AvgIpc) is 2.78. The molecule has 3 aliphatic heterocycles. The molecule has 0 radical (unpaired) electrons. The standard InChI is InChI=1S/C24H34FN5O3/c25-20-13-18(27-21-3-4-23(32)28-24(21)33)1-2-19(20)17-7-11-29(12-8-17)14-16-5-9-30(10-6-16)15-22(26)31/h1-2,13,16-17,21,27H,3-12,14-15H2,(H2,26,31)(H,28,32,33). The summed E-state index contributed by atoms with van der Waals surface area (Å²) in [7, 11) is 0. The normalized spacial score (nSPS) is 24.0. The number of hydrogen-bond donors (Lipinski definition) is 3. The molecule has 1 aromatic rings. The second-order valence-corrected chi connectivity index (χ2v) is 9.65. The van der Waals surface area contributed by atoms with E-state index in [1.165, 1.54) is 6.07 Å². The minimum atomic E-state index is -0.515. The van der Waals surface area contributed by atoms with Gasteiger partial charge in [0.15, 0.2) is 0 Å². The number of piperidine rings is 3. The summed E-state index contributed by atoms with van der Waals surface area (Å²) in [5.74, 6) is -0.292. The Labute approximate surface area is 194 Å². The maximum absolute atomic E-state index is 14.9. The molecule has 0 saturated carbocycles. The lowest BCUT2D eigenvalue weighted by atomic mass is 9.88. The Morgan fingerprint density at radius 1 is 1.06 bits per heavy atom. The van der Waals surface area contributed by atoms with E-state index in [-0.39, 0.29) is 35.9 Å². The minimum absolute atomic E-state index is 0.198. The van der Waals surface area contributed by atoms with Gasteiger partial charge in [0, 0.05) is 18.7 Å². The van der Waals surface area contributed by atoms with Crippen molar-refractivity contribution < 1.29 is 18.8 Å². The zero-order chi connectivity index (χ0) is 23.4. The van der Waals surface area contributed by atoms with Crippen molar-refractivity contribution in [2.75, 3.05) is 44.6 Å². The first-order valence-corrected chi connectivity index (χ1v) is 12.0. The van der Waals surface area contributed by atoms with Gasteiger partial charge in [0.05, 0.1) is 6.54 Å². The summed E-state index contributed by atoms with van der Waals surface area (Å²) in [4.78, 5) is 38.9. The summed E-state index contributed by atoms with van der Waals surface area (Å²) in [5, 5.41) is 5.36. The molecule has 3 heterocycles.